The Hall–Kier alpha value is -2.71. The quantitative estimate of drug-likeness (QED) is 0.371. The summed E-state index contributed by atoms with van der Waals surface area (Å²) in [7, 11) is 0. The zero-order valence-corrected chi connectivity index (χ0v) is 13.2. The van der Waals surface area contributed by atoms with Crippen LogP contribution in [0.15, 0.2) is 52.0 Å². The molecule has 0 saturated heterocycles. The minimum atomic E-state index is -0.663. The van der Waals surface area contributed by atoms with Gasteiger partial charge in [0.2, 0.25) is 0 Å². The van der Waals surface area contributed by atoms with Crippen molar-refractivity contribution in [3.63, 3.8) is 0 Å². The Morgan fingerprint density at radius 2 is 1.65 bits per heavy atom. The van der Waals surface area contributed by atoms with Gasteiger partial charge in [-0.2, -0.15) is 5.10 Å². The summed E-state index contributed by atoms with van der Waals surface area (Å²) in [4.78, 5) is 23.1. The maximum atomic E-state index is 11.9. The maximum Gasteiger partial charge on any atom is 0.274 e. The van der Waals surface area contributed by atoms with Gasteiger partial charge >= 0.3 is 0 Å². The zero-order chi connectivity index (χ0) is 16.8. The lowest BCUT2D eigenvalue weighted by molar-refractivity contribution is 0.0706. The molecule has 0 radical (unpaired) electrons. The van der Waals surface area contributed by atoms with Gasteiger partial charge in [-0.05, 0) is 42.5 Å². The standard InChI is InChI=1S/C15H12BrN3O4/c16-13-6-5-12(20)7-11(13)8-17-18-14(21)9-1-3-10(4-2-9)15(22)19-23/h1-8,20,23H,(H,18,21)(H,19,22). The van der Waals surface area contributed by atoms with E-state index in [1.165, 1.54) is 48.1 Å². The summed E-state index contributed by atoms with van der Waals surface area (Å²) in [5.41, 5.74) is 4.95. The number of rotatable bonds is 4. The Morgan fingerprint density at radius 1 is 1.04 bits per heavy atom. The number of carbonyl (C=O) groups excluding carboxylic acids is 2. The molecule has 0 unspecified atom stereocenters. The predicted molar refractivity (Wildman–Crippen MR) is 86.6 cm³/mol. The Morgan fingerprint density at radius 3 is 2.26 bits per heavy atom. The van der Waals surface area contributed by atoms with Crippen LogP contribution in [0.3, 0.4) is 0 Å². The lowest BCUT2D eigenvalue weighted by Gasteiger charge is -2.02. The highest BCUT2D eigenvalue weighted by atomic mass is 79.9. The first kappa shape index (κ1) is 16.7. The second kappa shape index (κ2) is 7.52. The van der Waals surface area contributed by atoms with Crippen molar-refractivity contribution >= 4 is 34.0 Å². The lowest BCUT2D eigenvalue weighted by Crippen LogP contribution is -2.20. The zero-order valence-electron chi connectivity index (χ0n) is 11.7. The Labute approximate surface area is 139 Å². The van der Waals surface area contributed by atoms with E-state index in [0.717, 1.165) is 0 Å². The molecule has 0 atom stereocenters. The lowest BCUT2D eigenvalue weighted by atomic mass is 10.1. The van der Waals surface area contributed by atoms with Crippen molar-refractivity contribution in [1.29, 1.82) is 0 Å². The Balaban J connectivity index is 2.03. The molecule has 0 heterocycles. The molecule has 4 N–H and O–H groups in total. The second-order valence-electron chi connectivity index (χ2n) is 4.42. The van der Waals surface area contributed by atoms with Crippen LogP contribution in [0.1, 0.15) is 26.3 Å². The summed E-state index contributed by atoms with van der Waals surface area (Å²) >= 11 is 3.30. The molecule has 8 heteroatoms. The third-order valence-corrected chi connectivity index (χ3v) is 3.58. The Bertz CT molecular complexity index is 760. The van der Waals surface area contributed by atoms with Crippen molar-refractivity contribution in [3.8, 4) is 5.75 Å². The van der Waals surface area contributed by atoms with E-state index in [0.29, 0.717) is 15.6 Å². The van der Waals surface area contributed by atoms with Gasteiger partial charge in [0.05, 0.1) is 6.21 Å². The van der Waals surface area contributed by atoms with Crippen LogP contribution in [0.4, 0.5) is 0 Å². The van der Waals surface area contributed by atoms with E-state index in [4.69, 9.17) is 5.21 Å². The average Bonchev–Trinajstić information content (AvgIpc) is 2.57. The van der Waals surface area contributed by atoms with Gasteiger partial charge in [0.15, 0.2) is 0 Å². The first-order valence-electron chi connectivity index (χ1n) is 6.37. The van der Waals surface area contributed by atoms with Gasteiger partial charge in [0, 0.05) is 21.2 Å². The van der Waals surface area contributed by atoms with Crippen LogP contribution >= 0.6 is 15.9 Å². The van der Waals surface area contributed by atoms with Crippen molar-refractivity contribution in [2.24, 2.45) is 5.10 Å². The largest absolute Gasteiger partial charge is 0.508 e. The Kier molecular flexibility index (Phi) is 5.45. The van der Waals surface area contributed by atoms with Crippen molar-refractivity contribution in [2.45, 2.75) is 0 Å². The summed E-state index contributed by atoms with van der Waals surface area (Å²) in [6.45, 7) is 0. The smallest absolute Gasteiger partial charge is 0.274 e. The fourth-order valence-corrected chi connectivity index (χ4v) is 2.04. The SMILES string of the molecule is O=C(NO)c1ccc(C(=O)NN=Cc2cc(O)ccc2Br)cc1. The summed E-state index contributed by atoms with van der Waals surface area (Å²) in [5.74, 6) is -1.05. The molecule has 23 heavy (non-hydrogen) atoms. The molecule has 2 rings (SSSR count). The number of phenols is 1. The summed E-state index contributed by atoms with van der Waals surface area (Å²) in [6, 6.07) is 10.3. The van der Waals surface area contributed by atoms with Crippen LogP contribution in [0.25, 0.3) is 0 Å². The van der Waals surface area contributed by atoms with Crippen LogP contribution in [-0.4, -0.2) is 28.3 Å². The summed E-state index contributed by atoms with van der Waals surface area (Å²) in [6.07, 6.45) is 1.38. The van der Waals surface area contributed by atoms with Crippen LogP contribution in [0.2, 0.25) is 0 Å². The van der Waals surface area contributed by atoms with E-state index >= 15 is 0 Å². The number of benzene rings is 2. The van der Waals surface area contributed by atoms with E-state index in [9.17, 15) is 14.7 Å². The molecule has 0 spiro atoms. The monoisotopic (exact) mass is 377 g/mol. The molecule has 0 bridgehead atoms. The molecule has 0 fully saturated rings. The molecule has 0 aliphatic heterocycles. The molecule has 0 aliphatic rings. The van der Waals surface area contributed by atoms with Crippen LogP contribution in [0.5, 0.6) is 5.75 Å². The average molecular weight is 378 g/mol. The molecule has 0 aromatic heterocycles. The van der Waals surface area contributed by atoms with E-state index < -0.39 is 11.8 Å². The van der Waals surface area contributed by atoms with E-state index in [-0.39, 0.29) is 11.3 Å². The van der Waals surface area contributed by atoms with Gasteiger partial charge in [0.25, 0.3) is 11.8 Å². The number of hydrazone groups is 1. The number of hydrogen-bond donors (Lipinski definition) is 4. The topological polar surface area (TPSA) is 111 Å². The molecule has 2 aromatic carbocycles. The molecule has 2 amide bonds. The third kappa shape index (κ3) is 4.38. The number of phenolic OH excluding ortho intramolecular Hbond substituents is 1. The minimum Gasteiger partial charge on any atom is -0.508 e. The fourth-order valence-electron chi connectivity index (χ4n) is 1.69. The maximum absolute atomic E-state index is 11.9. The minimum absolute atomic E-state index is 0.0822. The number of nitrogens with one attached hydrogen (secondary N) is 2. The number of hydroxylamine groups is 1. The van der Waals surface area contributed by atoms with Crippen LogP contribution in [0, 0.1) is 0 Å². The summed E-state index contributed by atoms with van der Waals surface area (Å²) in [5, 5.41) is 21.7. The second-order valence-corrected chi connectivity index (χ2v) is 5.28. The van der Waals surface area contributed by atoms with Crippen molar-refractivity contribution in [2.75, 3.05) is 0 Å². The van der Waals surface area contributed by atoms with Crippen molar-refractivity contribution in [3.05, 3.63) is 63.6 Å². The highest BCUT2D eigenvalue weighted by Gasteiger charge is 2.07. The van der Waals surface area contributed by atoms with E-state index in [1.54, 1.807) is 6.07 Å². The predicted octanol–water partition coefficient (Wildman–Crippen LogP) is 2.04. The first-order valence-corrected chi connectivity index (χ1v) is 7.17. The van der Waals surface area contributed by atoms with Gasteiger partial charge in [-0.1, -0.05) is 15.9 Å². The van der Waals surface area contributed by atoms with Crippen molar-refractivity contribution < 1.29 is 19.9 Å². The first-order chi connectivity index (χ1) is 11.0. The highest BCUT2D eigenvalue weighted by Crippen LogP contribution is 2.19. The van der Waals surface area contributed by atoms with Crippen molar-refractivity contribution in [1.82, 2.24) is 10.9 Å². The van der Waals surface area contributed by atoms with Gasteiger partial charge in [-0.15, -0.1) is 0 Å². The van der Waals surface area contributed by atoms with Gasteiger partial charge < -0.3 is 5.11 Å². The van der Waals surface area contributed by atoms with E-state index in [1.807, 2.05) is 0 Å². The number of halogens is 1. The molecule has 0 saturated carbocycles. The number of hydrogen-bond acceptors (Lipinski definition) is 5. The molecular weight excluding hydrogens is 366 g/mol. The van der Waals surface area contributed by atoms with E-state index in [2.05, 4.69) is 26.5 Å². The molecule has 2 aromatic rings. The molecule has 118 valence electrons. The molecule has 7 nitrogen and oxygen atoms in total. The van der Waals surface area contributed by atoms with Crippen LogP contribution < -0.4 is 10.9 Å². The summed E-state index contributed by atoms with van der Waals surface area (Å²) < 4.78 is 0.715. The highest BCUT2D eigenvalue weighted by molar-refractivity contribution is 9.10. The van der Waals surface area contributed by atoms with Gasteiger partial charge in [0.1, 0.15) is 5.75 Å². The fraction of sp³-hybridized carbons (Fsp3) is 0. The van der Waals surface area contributed by atoms with Gasteiger partial charge in [-0.3, -0.25) is 14.8 Å². The number of amides is 2. The van der Waals surface area contributed by atoms with Gasteiger partial charge in [-0.25, -0.2) is 10.9 Å². The van der Waals surface area contributed by atoms with Crippen LogP contribution in [-0.2, 0) is 0 Å². The number of carbonyl (C=O) groups is 2. The molecule has 0 aliphatic carbocycles. The molecular formula is C15H12BrN3O4. The number of aromatic hydroxyl groups is 1. The number of nitrogens with zero attached hydrogens (tertiary/aromatic N) is 1. The normalized spacial score (nSPS) is 10.5. The third-order valence-electron chi connectivity index (χ3n) is 2.86.